The number of ether oxygens (including phenoxy) is 2. The van der Waals surface area contributed by atoms with Crippen LogP contribution >= 0.6 is 0 Å². The van der Waals surface area contributed by atoms with Gasteiger partial charge in [0.25, 0.3) is 6.71 Å². The highest BCUT2D eigenvalue weighted by Gasteiger charge is 2.49. The second-order valence-electron chi connectivity index (χ2n) is 23.5. The van der Waals surface area contributed by atoms with E-state index >= 15 is 0 Å². The molecule has 4 aliphatic heterocycles. The molecule has 4 aliphatic rings. The van der Waals surface area contributed by atoms with E-state index in [0.29, 0.717) is 0 Å². The molecule has 0 fully saturated rings. The predicted molar refractivity (Wildman–Crippen MR) is 345 cm³/mol. The van der Waals surface area contributed by atoms with Crippen molar-refractivity contribution < 1.29 is 9.47 Å². The molecule has 0 aromatic heterocycles. The van der Waals surface area contributed by atoms with Crippen molar-refractivity contribution >= 4 is 57.2 Å². The molecule has 0 unspecified atom stereocenters. The van der Waals surface area contributed by atoms with Gasteiger partial charge in [-0.25, -0.2) is 0 Å². The molecule has 0 aliphatic carbocycles. The Balaban J connectivity index is 1.10. The number of hydrogen-bond acceptors (Lipinski definition) is 4. The molecule has 4 nitrogen and oxygen atoms in total. The molecule has 16 rings (SSSR count). The molecule has 4 heterocycles. The van der Waals surface area contributed by atoms with Crippen molar-refractivity contribution in [1.29, 1.82) is 0 Å². The Bertz CT molecular complexity index is 4170. The summed E-state index contributed by atoms with van der Waals surface area (Å²) in [5, 5.41) is 0. The number of anilines is 6. The Morgan fingerprint density at radius 3 is 0.964 bits per heavy atom. The molecule has 12 aromatic rings. The molecular formula is C78H57BN2O2. The first kappa shape index (κ1) is 48.8. The van der Waals surface area contributed by atoms with E-state index in [0.717, 1.165) is 146 Å². The Kier molecular flexibility index (Phi) is 11.0. The summed E-state index contributed by atoms with van der Waals surface area (Å²) in [7, 11) is 0. The molecule has 0 radical (unpaired) electrons. The van der Waals surface area contributed by atoms with E-state index in [4.69, 9.17) is 9.47 Å². The molecule has 5 heteroatoms. The third-order valence-electron chi connectivity index (χ3n) is 18.1. The highest BCUT2D eigenvalue weighted by atomic mass is 16.5. The van der Waals surface area contributed by atoms with Crippen molar-refractivity contribution in [2.75, 3.05) is 9.80 Å². The SMILES string of the molecule is CC1(C)c2ccccc2Oc2cc3c(cc21)N(c1c(-c2ccccc2)cccc1-c1ccccc1)c1cc(-c2ccccc2)cc2c1B3c1cc3c(cc1N2c1c(-c2ccccc2)cccc1-c1ccccc1)C(C)(C)c1ccccc1O3. The minimum atomic E-state index is -0.411. The molecule has 394 valence electrons. The molecule has 0 saturated heterocycles. The summed E-state index contributed by atoms with van der Waals surface area (Å²) in [6.45, 7) is 9.12. The van der Waals surface area contributed by atoms with Crippen LogP contribution in [0.1, 0.15) is 49.9 Å². The molecule has 12 aromatic carbocycles. The highest BCUT2D eigenvalue weighted by molar-refractivity contribution is 7.00. The zero-order valence-corrected chi connectivity index (χ0v) is 46.8. The average molecular weight is 1070 g/mol. The van der Waals surface area contributed by atoms with E-state index in [1.807, 2.05) is 0 Å². The maximum Gasteiger partial charge on any atom is 0.252 e. The first-order valence-electron chi connectivity index (χ1n) is 28.9. The monoisotopic (exact) mass is 1060 g/mol. The van der Waals surface area contributed by atoms with Crippen LogP contribution in [0.15, 0.2) is 273 Å². The summed E-state index contributed by atoms with van der Waals surface area (Å²) in [6, 6.07) is 100. The molecule has 0 saturated carbocycles. The van der Waals surface area contributed by atoms with E-state index in [9.17, 15) is 0 Å². The van der Waals surface area contributed by atoms with Gasteiger partial charge in [0.1, 0.15) is 23.0 Å². The van der Waals surface area contributed by atoms with E-state index in [-0.39, 0.29) is 6.71 Å². The maximum atomic E-state index is 7.22. The van der Waals surface area contributed by atoms with E-state index < -0.39 is 10.8 Å². The van der Waals surface area contributed by atoms with Gasteiger partial charge in [-0.3, -0.25) is 0 Å². The van der Waals surface area contributed by atoms with Gasteiger partial charge in [0, 0.05) is 78.1 Å². The van der Waals surface area contributed by atoms with Crippen LogP contribution in [0.3, 0.4) is 0 Å². The standard InChI is InChI=1S/C78H57BN2O2/c1-77(2)60-40-20-22-42-70(60)82-72-48-64-66(46-62(72)77)80(75-56(51-28-12-6-13-29-51)36-24-37-57(75)52-30-14-7-15-31-52)68-44-55(50-26-10-5-11-27-50)45-69-74(68)79(64)65-49-73-63(78(3,4)61-41-21-23-43-71(61)83-73)47-67(65)81(69)76-58(53-32-16-8-17-33-53)38-25-39-59(76)54-34-18-9-19-35-54/h5-49H,1-4H3. The number of fused-ring (bicyclic) bond motifs is 8. The van der Waals surface area contributed by atoms with Gasteiger partial charge in [0.05, 0.1) is 11.4 Å². The summed E-state index contributed by atoms with van der Waals surface area (Å²) >= 11 is 0. The lowest BCUT2D eigenvalue weighted by atomic mass is 9.33. The molecule has 0 atom stereocenters. The van der Waals surface area contributed by atoms with Crippen LogP contribution in [-0.2, 0) is 10.8 Å². The summed E-state index contributed by atoms with van der Waals surface area (Å²) in [4.78, 5) is 5.27. The van der Waals surface area contributed by atoms with Crippen molar-refractivity contribution in [1.82, 2.24) is 0 Å². The van der Waals surface area contributed by atoms with Gasteiger partial charge in [0.15, 0.2) is 0 Å². The number of benzene rings is 12. The van der Waals surface area contributed by atoms with Gasteiger partial charge in [0.2, 0.25) is 0 Å². The number of rotatable bonds is 7. The normalized spacial score (nSPS) is 14.3. The minimum Gasteiger partial charge on any atom is -0.457 e. The Labute approximate surface area is 486 Å². The lowest BCUT2D eigenvalue weighted by Gasteiger charge is -2.47. The fraction of sp³-hybridized carbons (Fsp3) is 0.0769. The molecule has 0 N–H and O–H groups in total. The third-order valence-corrected chi connectivity index (χ3v) is 18.1. The summed E-state index contributed by atoms with van der Waals surface area (Å²) in [5.74, 6) is 3.51. The van der Waals surface area contributed by atoms with Gasteiger partial charge in [-0.1, -0.05) is 252 Å². The van der Waals surface area contributed by atoms with Gasteiger partial charge < -0.3 is 19.3 Å². The van der Waals surface area contributed by atoms with E-state index in [2.05, 4.69) is 310 Å². The zero-order valence-electron chi connectivity index (χ0n) is 46.8. The van der Waals surface area contributed by atoms with Crippen LogP contribution < -0.4 is 35.7 Å². The third kappa shape index (κ3) is 7.54. The molecule has 83 heavy (non-hydrogen) atoms. The largest absolute Gasteiger partial charge is 0.457 e. The zero-order chi connectivity index (χ0) is 55.6. The second kappa shape index (κ2) is 18.7. The average Bonchev–Trinajstić information content (AvgIpc) is 1.71. The van der Waals surface area contributed by atoms with Crippen LogP contribution in [0, 0.1) is 0 Å². The molecule has 0 bridgehead atoms. The van der Waals surface area contributed by atoms with Crippen molar-refractivity contribution in [3.63, 3.8) is 0 Å². The highest BCUT2D eigenvalue weighted by Crippen LogP contribution is 2.58. The van der Waals surface area contributed by atoms with Crippen LogP contribution in [0.4, 0.5) is 34.1 Å². The Morgan fingerprint density at radius 2 is 0.602 bits per heavy atom. The topological polar surface area (TPSA) is 24.9 Å². The van der Waals surface area contributed by atoms with Crippen molar-refractivity contribution in [2.24, 2.45) is 0 Å². The van der Waals surface area contributed by atoms with Gasteiger partial charge >= 0.3 is 0 Å². The first-order valence-corrected chi connectivity index (χ1v) is 28.9. The molecule has 0 amide bonds. The van der Waals surface area contributed by atoms with E-state index in [1.165, 1.54) is 5.46 Å². The Hall–Kier alpha value is -10.1. The summed E-state index contributed by atoms with van der Waals surface area (Å²) < 4.78 is 14.4. The van der Waals surface area contributed by atoms with Crippen LogP contribution in [-0.4, -0.2) is 6.71 Å². The van der Waals surface area contributed by atoms with E-state index in [1.54, 1.807) is 0 Å². The van der Waals surface area contributed by atoms with Crippen molar-refractivity contribution in [2.45, 2.75) is 38.5 Å². The smallest absolute Gasteiger partial charge is 0.252 e. The van der Waals surface area contributed by atoms with Crippen LogP contribution in [0.2, 0.25) is 0 Å². The number of hydrogen-bond donors (Lipinski definition) is 0. The minimum absolute atomic E-state index is 0.293. The maximum absolute atomic E-state index is 7.22. The fourth-order valence-corrected chi connectivity index (χ4v) is 14.1. The molecule has 0 spiro atoms. The van der Waals surface area contributed by atoms with Crippen LogP contribution in [0.25, 0.3) is 55.6 Å². The second-order valence-corrected chi connectivity index (χ2v) is 23.5. The Morgan fingerprint density at radius 1 is 0.277 bits per heavy atom. The van der Waals surface area contributed by atoms with Crippen LogP contribution in [0.5, 0.6) is 23.0 Å². The fourth-order valence-electron chi connectivity index (χ4n) is 14.1. The van der Waals surface area contributed by atoms with Gasteiger partial charge in [-0.05, 0) is 98.3 Å². The van der Waals surface area contributed by atoms with Crippen molar-refractivity contribution in [3.8, 4) is 78.6 Å². The summed E-state index contributed by atoms with van der Waals surface area (Å²) in [5.41, 5.74) is 25.2. The van der Waals surface area contributed by atoms with Gasteiger partial charge in [-0.2, -0.15) is 0 Å². The number of para-hydroxylation sites is 4. The quantitative estimate of drug-likeness (QED) is 0.149. The first-order chi connectivity index (χ1) is 40.7. The number of nitrogens with zero attached hydrogens (tertiary/aromatic N) is 2. The van der Waals surface area contributed by atoms with Gasteiger partial charge in [-0.15, -0.1) is 0 Å². The van der Waals surface area contributed by atoms with Crippen molar-refractivity contribution in [3.05, 3.63) is 295 Å². The lowest BCUT2D eigenvalue weighted by Crippen LogP contribution is -2.61. The summed E-state index contributed by atoms with van der Waals surface area (Å²) in [6.07, 6.45) is 0. The lowest BCUT2D eigenvalue weighted by molar-refractivity contribution is 0.418. The predicted octanol–water partition coefficient (Wildman–Crippen LogP) is 19.0. The molecular weight excluding hydrogens is 1010 g/mol.